The van der Waals surface area contributed by atoms with E-state index in [0.717, 1.165) is 0 Å². The Hall–Kier alpha value is -0.810. The van der Waals surface area contributed by atoms with Crippen LogP contribution in [0.1, 0.15) is 32.4 Å². The van der Waals surface area contributed by atoms with Crippen LogP contribution < -0.4 is 11.1 Å². The zero-order valence-electron chi connectivity index (χ0n) is 11.9. The number of hydrogen-bond acceptors (Lipinski definition) is 3. The van der Waals surface area contributed by atoms with E-state index in [2.05, 4.69) is 5.32 Å². The van der Waals surface area contributed by atoms with Gasteiger partial charge < -0.3 is 16.2 Å². The Labute approximate surface area is 131 Å². The SMILES string of the molecule is CC(C)(C)[C@H](N)C(=O)NCC(O)c1ccc(Cl)cc1.Cl. The Morgan fingerprint density at radius 2 is 1.85 bits per heavy atom. The molecule has 0 aliphatic rings. The van der Waals surface area contributed by atoms with Gasteiger partial charge in [0.05, 0.1) is 12.1 Å². The van der Waals surface area contributed by atoms with E-state index < -0.39 is 12.1 Å². The largest absolute Gasteiger partial charge is 0.387 e. The number of carbonyl (C=O) groups excluding carboxylic acids is 1. The predicted octanol–water partition coefficient (Wildman–Crippen LogP) is 2.28. The van der Waals surface area contributed by atoms with Gasteiger partial charge in [0.25, 0.3) is 0 Å². The lowest BCUT2D eigenvalue weighted by atomic mass is 9.87. The van der Waals surface area contributed by atoms with Crippen molar-refractivity contribution >= 4 is 29.9 Å². The molecule has 0 radical (unpaired) electrons. The van der Waals surface area contributed by atoms with Crippen LogP contribution >= 0.6 is 24.0 Å². The predicted molar refractivity (Wildman–Crippen MR) is 84.1 cm³/mol. The third-order valence-corrected chi connectivity index (χ3v) is 3.19. The lowest BCUT2D eigenvalue weighted by Gasteiger charge is -2.26. The minimum absolute atomic E-state index is 0. The molecule has 20 heavy (non-hydrogen) atoms. The van der Waals surface area contributed by atoms with Gasteiger partial charge in [-0.25, -0.2) is 0 Å². The molecule has 0 saturated heterocycles. The first kappa shape index (κ1) is 19.2. The zero-order chi connectivity index (χ0) is 14.6. The maximum atomic E-state index is 11.8. The molecule has 0 saturated carbocycles. The lowest BCUT2D eigenvalue weighted by molar-refractivity contribution is -0.125. The van der Waals surface area contributed by atoms with E-state index >= 15 is 0 Å². The maximum absolute atomic E-state index is 11.8. The molecular weight excluding hydrogens is 299 g/mol. The summed E-state index contributed by atoms with van der Waals surface area (Å²) < 4.78 is 0. The minimum atomic E-state index is -0.770. The molecule has 4 nitrogen and oxygen atoms in total. The van der Waals surface area contributed by atoms with Crippen molar-refractivity contribution in [2.75, 3.05) is 6.54 Å². The van der Waals surface area contributed by atoms with Crippen LogP contribution in [0.4, 0.5) is 0 Å². The average molecular weight is 321 g/mol. The highest BCUT2D eigenvalue weighted by atomic mass is 35.5. The van der Waals surface area contributed by atoms with Gasteiger partial charge >= 0.3 is 0 Å². The summed E-state index contributed by atoms with van der Waals surface area (Å²) in [5.74, 6) is -0.263. The lowest BCUT2D eigenvalue weighted by Crippen LogP contribution is -2.49. The van der Waals surface area contributed by atoms with Crippen molar-refractivity contribution in [1.29, 1.82) is 0 Å². The highest BCUT2D eigenvalue weighted by Gasteiger charge is 2.27. The van der Waals surface area contributed by atoms with Gasteiger partial charge in [-0.1, -0.05) is 44.5 Å². The highest BCUT2D eigenvalue weighted by molar-refractivity contribution is 6.30. The van der Waals surface area contributed by atoms with Gasteiger partial charge in [0.2, 0.25) is 5.91 Å². The third-order valence-electron chi connectivity index (χ3n) is 2.94. The summed E-state index contributed by atoms with van der Waals surface area (Å²) in [5, 5.41) is 13.2. The average Bonchev–Trinajstić information content (AvgIpc) is 2.34. The number of aliphatic hydroxyl groups is 1. The second-order valence-electron chi connectivity index (χ2n) is 5.66. The molecule has 0 heterocycles. The van der Waals surface area contributed by atoms with Crippen LogP contribution in [0.15, 0.2) is 24.3 Å². The van der Waals surface area contributed by atoms with Gasteiger partial charge in [0, 0.05) is 11.6 Å². The van der Waals surface area contributed by atoms with Crippen LogP contribution in [-0.2, 0) is 4.79 Å². The van der Waals surface area contributed by atoms with Crippen LogP contribution in [0.5, 0.6) is 0 Å². The molecule has 4 N–H and O–H groups in total. The number of nitrogens with two attached hydrogens (primary N) is 1. The second kappa shape index (κ2) is 7.84. The summed E-state index contributed by atoms with van der Waals surface area (Å²) in [6.45, 7) is 5.82. The number of carbonyl (C=O) groups is 1. The van der Waals surface area contributed by atoms with Gasteiger partial charge in [-0.15, -0.1) is 12.4 Å². The van der Waals surface area contributed by atoms with Crippen molar-refractivity contribution in [2.24, 2.45) is 11.1 Å². The van der Waals surface area contributed by atoms with Crippen molar-refractivity contribution in [2.45, 2.75) is 32.9 Å². The second-order valence-corrected chi connectivity index (χ2v) is 6.09. The highest BCUT2D eigenvalue weighted by Crippen LogP contribution is 2.18. The number of hydrogen-bond donors (Lipinski definition) is 3. The summed E-state index contributed by atoms with van der Waals surface area (Å²) >= 11 is 5.77. The Morgan fingerprint density at radius 3 is 2.30 bits per heavy atom. The number of halogens is 2. The zero-order valence-corrected chi connectivity index (χ0v) is 13.5. The molecule has 1 aromatic carbocycles. The third kappa shape index (κ3) is 5.67. The van der Waals surface area contributed by atoms with Crippen LogP contribution in [-0.4, -0.2) is 23.6 Å². The topological polar surface area (TPSA) is 75.4 Å². The molecule has 0 bridgehead atoms. The Balaban J connectivity index is 0.00000361. The molecule has 2 atom stereocenters. The number of rotatable bonds is 4. The monoisotopic (exact) mass is 320 g/mol. The van der Waals surface area contributed by atoms with E-state index in [1.807, 2.05) is 20.8 Å². The van der Waals surface area contributed by atoms with Gasteiger partial charge in [-0.2, -0.15) is 0 Å². The van der Waals surface area contributed by atoms with E-state index in [1.54, 1.807) is 24.3 Å². The first-order chi connectivity index (χ1) is 8.71. The summed E-state index contributed by atoms with van der Waals surface area (Å²) in [5.41, 5.74) is 6.22. The smallest absolute Gasteiger partial charge is 0.237 e. The van der Waals surface area contributed by atoms with Crippen LogP contribution in [0.25, 0.3) is 0 Å². The summed E-state index contributed by atoms with van der Waals surface area (Å²) in [7, 11) is 0. The molecular formula is C14H22Cl2N2O2. The van der Waals surface area contributed by atoms with E-state index in [-0.39, 0.29) is 30.3 Å². The molecule has 114 valence electrons. The molecule has 0 aliphatic carbocycles. The fourth-order valence-corrected chi connectivity index (χ4v) is 1.63. The van der Waals surface area contributed by atoms with Gasteiger partial charge in [0.1, 0.15) is 0 Å². The quantitative estimate of drug-likeness (QED) is 0.796. The van der Waals surface area contributed by atoms with Crippen LogP contribution in [0.3, 0.4) is 0 Å². The first-order valence-corrected chi connectivity index (χ1v) is 6.56. The molecule has 1 rings (SSSR count). The fraction of sp³-hybridized carbons (Fsp3) is 0.500. The molecule has 1 unspecified atom stereocenters. The Bertz CT molecular complexity index is 430. The molecule has 1 amide bonds. The van der Waals surface area contributed by atoms with Crippen molar-refractivity contribution < 1.29 is 9.90 Å². The van der Waals surface area contributed by atoms with Crippen LogP contribution in [0.2, 0.25) is 5.02 Å². The first-order valence-electron chi connectivity index (χ1n) is 6.18. The summed E-state index contributed by atoms with van der Waals surface area (Å²) in [6, 6.07) is 6.24. The Kier molecular flexibility index (Phi) is 7.52. The number of aliphatic hydroxyl groups excluding tert-OH is 1. The molecule has 0 aliphatic heterocycles. The van der Waals surface area contributed by atoms with E-state index in [9.17, 15) is 9.90 Å². The molecule has 1 aromatic rings. The van der Waals surface area contributed by atoms with Crippen molar-refractivity contribution in [3.63, 3.8) is 0 Å². The molecule has 0 spiro atoms. The number of nitrogens with one attached hydrogen (secondary N) is 1. The minimum Gasteiger partial charge on any atom is -0.387 e. The molecule has 0 aromatic heterocycles. The Morgan fingerprint density at radius 1 is 1.35 bits per heavy atom. The maximum Gasteiger partial charge on any atom is 0.237 e. The number of benzene rings is 1. The van der Waals surface area contributed by atoms with E-state index in [1.165, 1.54) is 0 Å². The summed E-state index contributed by atoms with van der Waals surface area (Å²) in [6.07, 6.45) is -0.770. The van der Waals surface area contributed by atoms with Crippen molar-refractivity contribution in [3.8, 4) is 0 Å². The van der Waals surface area contributed by atoms with Crippen LogP contribution in [0, 0.1) is 5.41 Å². The van der Waals surface area contributed by atoms with Gasteiger partial charge in [-0.3, -0.25) is 4.79 Å². The van der Waals surface area contributed by atoms with Gasteiger partial charge in [0.15, 0.2) is 0 Å². The number of amides is 1. The van der Waals surface area contributed by atoms with Crippen molar-refractivity contribution in [1.82, 2.24) is 5.32 Å². The standard InChI is InChI=1S/C14H21ClN2O2.ClH/c1-14(2,3)12(16)13(19)17-8-11(18)9-4-6-10(15)7-5-9;/h4-7,11-12,18H,8,16H2,1-3H3,(H,17,19);1H/t11?,12-;/m1./s1. The normalized spacial score (nSPS) is 14.1. The molecule has 6 heteroatoms. The van der Waals surface area contributed by atoms with Gasteiger partial charge in [-0.05, 0) is 23.1 Å². The van der Waals surface area contributed by atoms with Crippen molar-refractivity contribution in [3.05, 3.63) is 34.9 Å². The van der Waals surface area contributed by atoms with E-state index in [0.29, 0.717) is 10.6 Å². The van der Waals surface area contributed by atoms with E-state index in [4.69, 9.17) is 17.3 Å². The molecule has 0 fully saturated rings. The fourth-order valence-electron chi connectivity index (χ4n) is 1.50. The summed E-state index contributed by atoms with van der Waals surface area (Å²) in [4.78, 5) is 11.8.